The summed E-state index contributed by atoms with van der Waals surface area (Å²) in [5.41, 5.74) is -0.743. The van der Waals surface area contributed by atoms with E-state index in [0.717, 1.165) is 0 Å². The summed E-state index contributed by atoms with van der Waals surface area (Å²) in [4.78, 5) is 26.2. The van der Waals surface area contributed by atoms with Crippen LogP contribution in [0, 0.1) is 5.92 Å². The van der Waals surface area contributed by atoms with E-state index in [1.165, 1.54) is 0 Å². The van der Waals surface area contributed by atoms with Gasteiger partial charge in [0.2, 0.25) is 11.8 Å². The van der Waals surface area contributed by atoms with Crippen molar-refractivity contribution in [3.05, 3.63) is 0 Å². The van der Waals surface area contributed by atoms with Crippen LogP contribution in [-0.4, -0.2) is 34.3 Å². The molecule has 0 aliphatic carbocycles. The molecule has 98 valence electrons. The number of nitrogens with one attached hydrogen (secondary N) is 1. The minimum Gasteiger partial charge on any atom is -0.340 e. The lowest BCUT2D eigenvalue weighted by molar-refractivity contribution is -0.157. The van der Waals surface area contributed by atoms with E-state index in [1.54, 1.807) is 18.7 Å². The van der Waals surface area contributed by atoms with Gasteiger partial charge in [-0.15, -0.1) is 0 Å². The molecule has 0 aromatic rings. The van der Waals surface area contributed by atoms with Gasteiger partial charge in [-0.05, 0) is 33.1 Å². The first-order valence-electron chi connectivity index (χ1n) is 6.39. The van der Waals surface area contributed by atoms with Crippen LogP contribution in [0.2, 0.25) is 0 Å². The maximum Gasteiger partial charge on any atom is 0.248 e. The fraction of sp³-hybridized carbons (Fsp3) is 0.846. The van der Waals surface area contributed by atoms with Crippen molar-refractivity contribution in [3.63, 3.8) is 0 Å². The van der Waals surface area contributed by atoms with Crippen LogP contribution in [0.5, 0.6) is 0 Å². The van der Waals surface area contributed by atoms with Gasteiger partial charge in [-0.1, -0.05) is 20.8 Å². The van der Waals surface area contributed by atoms with Crippen molar-refractivity contribution in [1.29, 1.82) is 0 Å². The standard InChI is InChI=1S/C13H24N2O2/c1-7-13(6)12(17)15(9(4)8(2)3)10(5)11(16)14-13/h8-10H,7H2,1-6H3,(H,14,16). The van der Waals surface area contributed by atoms with Crippen molar-refractivity contribution in [2.45, 2.75) is 65.6 Å². The van der Waals surface area contributed by atoms with Crippen LogP contribution < -0.4 is 5.32 Å². The molecule has 1 aliphatic rings. The van der Waals surface area contributed by atoms with Crippen LogP contribution in [0.1, 0.15) is 48.0 Å². The summed E-state index contributed by atoms with van der Waals surface area (Å²) in [6, 6.07) is -0.297. The first-order valence-corrected chi connectivity index (χ1v) is 6.39. The molecule has 1 saturated heterocycles. The molecule has 0 aromatic heterocycles. The summed E-state index contributed by atoms with van der Waals surface area (Å²) in [7, 11) is 0. The number of hydrogen-bond acceptors (Lipinski definition) is 2. The van der Waals surface area contributed by atoms with E-state index in [4.69, 9.17) is 0 Å². The second-order valence-corrected chi connectivity index (χ2v) is 5.55. The van der Waals surface area contributed by atoms with Crippen molar-refractivity contribution >= 4 is 11.8 Å². The van der Waals surface area contributed by atoms with Crippen LogP contribution >= 0.6 is 0 Å². The quantitative estimate of drug-likeness (QED) is 0.813. The first-order chi connectivity index (χ1) is 7.74. The fourth-order valence-corrected chi connectivity index (χ4v) is 2.12. The smallest absolute Gasteiger partial charge is 0.248 e. The summed E-state index contributed by atoms with van der Waals surface area (Å²) in [6.45, 7) is 11.7. The largest absolute Gasteiger partial charge is 0.340 e. The van der Waals surface area contributed by atoms with Gasteiger partial charge in [0.15, 0.2) is 0 Å². The third-order valence-corrected chi connectivity index (χ3v) is 4.01. The van der Waals surface area contributed by atoms with Crippen molar-refractivity contribution in [2.75, 3.05) is 0 Å². The van der Waals surface area contributed by atoms with Gasteiger partial charge < -0.3 is 10.2 Å². The van der Waals surface area contributed by atoms with Gasteiger partial charge in [0.25, 0.3) is 0 Å². The van der Waals surface area contributed by atoms with Gasteiger partial charge in [0.05, 0.1) is 0 Å². The SMILES string of the molecule is CCC1(C)NC(=O)C(C)N(C(C)C(C)C)C1=O. The zero-order valence-corrected chi connectivity index (χ0v) is 11.7. The molecule has 3 unspecified atom stereocenters. The number of rotatable bonds is 3. The van der Waals surface area contributed by atoms with Gasteiger partial charge in [-0.2, -0.15) is 0 Å². The zero-order chi connectivity index (χ0) is 13.4. The highest BCUT2D eigenvalue weighted by Crippen LogP contribution is 2.25. The minimum absolute atomic E-state index is 0.0355. The maximum atomic E-state index is 12.5. The number of carbonyl (C=O) groups is 2. The van der Waals surface area contributed by atoms with Crippen LogP contribution in [0.25, 0.3) is 0 Å². The predicted octanol–water partition coefficient (Wildman–Crippen LogP) is 1.55. The Hall–Kier alpha value is -1.06. The maximum absolute atomic E-state index is 12.5. The third kappa shape index (κ3) is 2.31. The Morgan fingerprint density at radius 3 is 2.29 bits per heavy atom. The van der Waals surface area contributed by atoms with E-state index in [-0.39, 0.29) is 23.9 Å². The number of amides is 2. The Labute approximate surface area is 104 Å². The summed E-state index contributed by atoms with van der Waals surface area (Å²) in [5.74, 6) is 0.322. The lowest BCUT2D eigenvalue weighted by atomic mass is 9.89. The zero-order valence-electron chi connectivity index (χ0n) is 11.7. The highest BCUT2D eigenvalue weighted by atomic mass is 16.2. The van der Waals surface area contributed by atoms with Crippen molar-refractivity contribution < 1.29 is 9.59 Å². The van der Waals surface area contributed by atoms with Gasteiger partial charge in [-0.3, -0.25) is 9.59 Å². The molecule has 1 N–H and O–H groups in total. The van der Waals surface area contributed by atoms with Crippen LogP contribution in [0.15, 0.2) is 0 Å². The molecular formula is C13H24N2O2. The summed E-state index contributed by atoms with van der Waals surface area (Å²) < 4.78 is 0. The predicted molar refractivity (Wildman–Crippen MR) is 67.4 cm³/mol. The van der Waals surface area contributed by atoms with Crippen LogP contribution in [0.3, 0.4) is 0 Å². The number of nitrogens with zero attached hydrogens (tertiary/aromatic N) is 1. The minimum atomic E-state index is -0.743. The Balaban J connectivity index is 3.08. The molecule has 1 aliphatic heterocycles. The number of piperazine rings is 1. The first kappa shape index (κ1) is 14.0. The molecule has 0 saturated carbocycles. The second kappa shape index (κ2) is 4.67. The lowest BCUT2D eigenvalue weighted by Gasteiger charge is -2.46. The molecule has 1 fully saturated rings. The van der Waals surface area contributed by atoms with E-state index < -0.39 is 5.54 Å². The van der Waals surface area contributed by atoms with Crippen molar-refractivity contribution in [2.24, 2.45) is 5.92 Å². The van der Waals surface area contributed by atoms with Crippen LogP contribution in [-0.2, 0) is 9.59 Å². The molecule has 4 heteroatoms. The highest BCUT2D eigenvalue weighted by molar-refractivity contribution is 5.99. The Morgan fingerprint density at radius 2 is 1.88 bits per heavy atom. The van der Waals surface area contributed by atoms with E-state index >= 15 is 0 Å². The fourth-order valence-electron chi connectivity index (χ4n) is 2.12. The van der Waals surface area contributed by atoms with E-state index in [2.05, 4.69) is 19.2 Å². The third-order valence-electron chi connectivity index (χ3n) is 4.01. The summed E-state index contributed by atoms with van der Waals surface area (Å²) in [6.07, 6.45) is 0.617. The Morgan fingerprint density at radius 1 is 1.35 bits per heavy atom. The van der Waals surface area contributed by atoms with Gasteiger partial charge in [-0.25, -0.2) is 0 Å². The average Bonchev–Trinajstić information content (AvgIpc) is 2.26. The Kier molecular flexibility index (Phi) is 3.84. The molecule has 4 nitrogen and oxygen atoms in total. The topological polar surface area (TPSA) is 49.4 Å². The molecule has 0 radical (unpaired) electrons. The molecule has 1 rings (SSSR count). The Bertz CT molecular complexity index is 327. The molecule has 0 aromatic carbocycles. The molecular weight excluding hydrogens is 216 g/mol. The van der Waals surface area contributed by atoms with Crippen molar-refractivity contribution in [1.82, 2.24) is 10.2 Å². The number of hydrogen-bond donors (Lipinski definition) is 1. The molecule has 1 heterocycles. The molecule has 2 amide bonds. The summed E-state index contributed by atoms with van der Waals surface area (Å²) in [5, 5.41) is 2.84. The van der Waals surface area contributed by atoms with Gasteiger partial charge in [0, 0.05) is 6.04 Å². The monoisotopic (exact) mass is 240 g/mol. The van der Waals surface area contributed by atoms with Gasteiger partial charge >= 0.3 is 0 Å². The lowest BCUT2D eigenvalue weighted by Crippen LogP contribution is -2.70. The van der Waals surface area contributed by atoms with Crippen LogP contribution in [0.4, 0.5) is 0 Å². The average molecular weight is 240 g/mol. The van der Waals surface area contributed by atoms with Crippen molar-refractivity contribution in [3.8, 4) is 0 Å². The van der Waals surface area contributed by atoms with E-state index in [1.807, 2.05) is 13.8 Å². The summed E-state index contributed by atoms with van der Waals surface area (Å²) >= 11 is 0. The number of carbonyl (C=O) groups excluding carboxylic acids is 2. The van der Waals surface area contributed by atoms with E-state index in [0.29, 0.717) is 12.3 Å². The molecule has 3 atom stereocenters. The molecule has 0 spiro atoms. The molecule has 17 heavy (non-hydrogen) atoms. The molecule has 0 bridgehead atoms. The highest BCUT2D eigenvalue weighted by Gasteiger charge is 2.47. The normalized spacial score (nSPS) is 31.7. The van der Waals surface area contributed by atoms with E-state index in [9.17, 15) is 9.59 Å². The van der Waals surface area contributed by atoms with Gasteiger partial charge in [0.1, 0.15) is 11.6 Å². The second-order valence-electron chi connectivity index (χ2n) is 5.55.